The summed E-state index contributed by atoms with van der Waals surface area (Å²) < 4.78 is 0. The Kier molecular flexibility index (Phi) is 5.83. The summed E-state index contributed by atoms with van der Waals surface area (Å²) in [6.45, 7) is 5.48. The Morgan fingerprint density at radius 2 is 1.79 bits per heavy atom. The molecule has 1 fully saturated rings. The Balaban J connectivity index is 2.38. The van der Waals surface area contributed by atoms with Crippen molar-refractivity contribution in [2.24, 2.45) is 11.3 Å². The van der Waals surface area contributed by atoms with Gasteiger partial charge < -0.3 is 10.4 Å². The van der Waals surface area contributed by atoms with Gasteiger partial charge in [-0.2, -0.15) is 0 Å². The molecule has 4 nitrogen and oxygen atoms in total. The van der Waals surface area contributed by atoms with Crippen LogP contribution in [0.2, 0.25) is 0 Å². The van der Waals surface area contributed by atoms with Crippen LogP contribution >= 0.6 is 0 Å². The van der Waals surface area contributed by atoms with Gasteiger partial charge in [0.15, 0.2) is 0 Å². The molecule has 0 unspecified atom stereocenters. The van der Waals surface area contributed by atoms with E-state index in [-0.39, 0.29) is 5.91 Å². The molecule has 2 N–H and O–H groups in total. The molecule has 0 aromatic carbocycles. The third-order valence-corrected chi connectivity index (χ3v) is 3.92. The van der Waals surface area contributed by atoms with Crippen LogP contribution in [0.1, 0.15) is 65.7 Å². The van der Waals surface area contributed by atoms with Gasteiger partial charge in [0.25, 0.3) is 0 Å². The Bertz CT molecular complexity index is 314. The Morgan fingerprint density at radius 1 is 1.21 bits per heavy atom. The van der Waals surface area contributed by atoms with E-state index in [1.165, 1.54) is 32.1 Å². The molecule has 1 rings (SSSR count). The van der Waals surface area contributed by atoms with Gasteiger partial charge in [-0.15, -0.1) is 0 Å². The molecule has 0 aromatic rings. The molecule has 1 amide bonds. The van der Waals surface area contributed by atoms with Crippen molar-refractivity contribution in [2.75, 3.05) is 0 Å². The number of aliphatic carboxylic acids is 1. The number of carbonyl (C=O) groups is 2. The van der Waals surface area contributed by atoms with Gasteiger partial charge in [-0.3, -0.25) is 4.79 Å². The zero-order valence-corrected chi connectivity index (χ0v) is 12.4. The summed E-state index contributed by atoms with van der Waals surface area (Å²) in [5.74, 6) is -0.441. The van der Waals surface area contributed by atoms with E-state index in [1.807, 2.05) is 20.8 Å². The smallest absolute Gasteiger partial charge is 0.326 e. The number of amides is 1. The number of carboxylic acids is 1. The number of hydrogen-bond donors (Lipinski definition) is 2. The first-order valence-electron chi connectivity index (χ1n) is 7.33. The second kappa shape index (κ2) is 6.92. The maximum Gasteiger partial charge on any atom is 0.326 e. The number of nitrogens with one attached hydrogen (secondary N) is 1. The van der Waals surface area contributed by atoms with Crippen LogP contribution in [-0.2, 0) is 9.59 Å². The number of hydrogen-bond acceptors (Lipinski definition) is 2. The summed E-state index contributed by atoms with van der Waals surface area (Å²) >= 11 is 0. The highest BCUT2D eigenvalue weighted by molar-refractivity contribution is 5.84. The van der Waals surface area contributed by atoms with Crippen molar-refractivity contribution in [1.29, 1.82) is 0 Å². The van der Waals surface area contributed by atoms with Crippen molar-refractivity contribution >= 4 is 11.9 Å². The van der Waals surface area contributed by atoms with E-state index < -0.39 is 17.4 Å². The Morgan fingerprint density at radius 3 is 2.26 bits per heavy atom. The third-order valence-electron chi connectivity index (χ3n) is 3.92. The molecule has 0 heterocycles. The van der Waals surface area contributed by atoms with Gasteiger partial charge in [0, 0.05) is 6.42 Å². The third kappa shape index (κ3) is 5.62. The van der Waals surface area contributed by atoms with E-state index in [4.69, 9.17) is 5.11 Å². The van der Waals surface area contributed by atoms with Crippen LogP contribution in [0.4, 0.5) is 0 Å². The molecule has 110 valence electrons. The molecule has 1 saturated carbocycles. The average Bonchev–Trinajstić information content (AvgIpc) is 2.33. The SMILES string of the molecule is CC(C)(C)[C@H](NC(=O)CCC1CCCCC1)C(=O)O. The van der Waals surface area contributed by atoms with Gasteiger partial charge >= 0.3 is 5.97 Å². The molecule has 1 atom stereocenters. The maximum atomic E-state index is 11.9. The molecule has 0 spiro atoms. The van der Waals surface area contributed by atoms with Gasteiger partial charge in [0.1, 0.15) is 6.04 Å². The molecular formula is C15H27NO3. The van der Waals surface area contributed by atoms with Crippen molar-refractivity contribution in [3.8, 4) is 0 Å². The van der Waals surface area contributed by atoms with Crippen molar-refractivity contribution < 1.29 is 14.7 Å². The lowest BCUT2D eigenvalue weighted by Crippen LogP contribution is -2.49. The molecule has 0 aliphatic heterocycles. The van der Waals surface area contributed by atoms with Crippen molar-refractivity contribution in [2.45, 2.75) is 71.8 Å². The summed E-state index contributed by atoms with van der Waals surface area (Å²) in [4.78, 5) is 23.0. The van der Waals surface area contributed by atoms with Gasteiger partial charge in [-0.1, -0.05) is 52.9 Å². The molecule has 0 saturated heterocycles. The normalized spacial score (nSPS) is 18.9. The molecule has 4 heteroatoms. The van der Waals surface area contributed by atoms with Crippen LogP contribution in [0.25, 0.3) is 0 Å². The zero-order valence-electron chi connectivity index (χ0n) is 12.4. The lowest BCUT2D eigenvalue weighted by Gasteiger charge is -2.28. The van der Waals surface area contributed by atoms with Gasteiger partial charge in [-0.05, 0) is 17.8 Å². The maximum absolute atomic E-state index is 11.9. The standard InChI is InChI=1S/C15H27NO3/c1-15(2,3)13(14(18)19)16-12(17)10-9-11-7-5-4-6-8-11/h11,13H,4-10H2,1-3H3,(H,16,17)(H,18,19)/t13-/m1/s1. The van der Waals surface area contributed by atoms with E-state index in [0.29, 0.717) is 12.3 Å². The molecule has 0 bridgehead atoms. The second-order valence-corrected chi connectivity index (χ2v) is 6.75. The average molecular weight is 269 g/mol. The van der Waals surface area contributed by atoms with E-state index in [1.54, 1.807) is 0 Å². The minimum atomic E-state index is -0.960. The summed E-state index contributed by atoms with van der Waals surface area (Å²) in [5, 5.41) is 11.8. The van der Waals surface area contributed by atoms with E-state index >= 15 is 0 Å². The fourth-order valence-electron chi connectivity index (χ4n) is 2.69. The van der Waals surface area contributed by atoms with Crippen LogP contribution in [-0.4, -0.2) is 23.0 Å². The highest BCUT2D eigenvalue weighted by Crippen LogP contribution is 2.27. The highest BCUT2D eigenvalue weighted by Gasteiger charge is 2.32. The van der Waals surface area contributed by atoms with E-state index in [2.05, 4.69) is 5.32 Å². The number of carbonyl (C=O) groups excluding carboxylic acids is 1. The second-order valence-electron chi connectivity index (χ2n) is 6.75. The van der Waals surface area contributed by atoms with E-state index in [9.17, 15) is 9.59 Å². The van der Waals surface area contributed by atoms with Crippen molar-refractivity contribution in [3.63, 3.8) is 0 Å². The predicted molar refractivity (Wildman–Crippen MR) is 74.8 cm³/mol. The van der Waals surface area contributed by atoms with Crippen LogP contribution in [0.5, 0.6) is 0 Å². The fraction of sp³-hybridized carbons (Fsp3) is 0.867. The van der Waals surface area contributed by atoms with Gasteiger partial charge in [0.05, 0.1) is 0 Å². The number of rotatable bonds is 5. The Labute approximate surface area is 116 Å². The predicted octanol–water partition coefficient (Wildman–Crippen LogP) is 2.96. The fourth-order valence-corrected chi connectivity index (χ4v) is 2.69. The monoisotopic (exact) mass is 269 g/mol. The van der Waals surface area contributed by atoms with Crippen LogP contribution in [0.3, 0.4) is 0 Å². The quantitative estimate of drug-likeness (QED) is 0.806. The first-order chi connectivity index (χ1) is 8.80. The number of carboxylic acid groups (broad SMARTS) is 1. The molecule has 1 aliphatic rings. The molecule has 19 heavy (non-hydrogen) atoms. The molecule has 0 aromatic heterocycles. The summed E-state index contributed by atoms with van der Waals surface area (Å²) in [5.41, 5.74) is -0.466. The first-order valence-corrected chi connectivity index (χ1v) is 7.33. The van der Waals surface area contributed by atoms with Crippen LogP contribution in [0.15, 0.2) is 0 Å². The van der Waals surface area contributed by atoms with E-state index in [0.717, 1.165) is 6.42 Å². The van der Waals surface area contributed by atoms with Gasteiger partial charge in [0.2, 0.25) is 5.91 Å². The minimum Gasteiger partial charge on any atom is -0.480 e. The first kappa shape index (κ1) is 16.0. The van der Waals surface area contributed by atoms with Crippen LogP contribution in [0, 0.1) is 11.3 Å². The Hall–Kier alpha value is -1.06. The van der Waals surface area contributed by atoms with Crippen LogP contribution < -0.4 is 5.32 Å². The van der Waals surface area contributed by atoms with Gasteiger partial charge in [-0.25, -0.2) is 4.79 Å². The zero-order chi connectivity index (χ0) is 14.5. The molecule has 0 radical (unpaired) electrons. The van der Waals surface area contributed by atoms with Crippen molar-refractivity contribution in [1.82, 2.24) is 5.32 Å². The highest BCUT2D eigenvalue weighted by atomic mass is 16.4. The largest absolute Gasteiger partial charge is 0.480 e. The lowest BCUT2D eigenvalue weighted by molar-refractivity contribution is -0.145. The lowest BCUT2D eigenvalue weighted by atomic mass is 9.85. The van der Waals surface area contributed by atoms with Crippen molar-refractivity contribution in [3.05, 3.63) is 0 Å². The molecular weight excluding hydrogens is 242 g/mol. The summed E-state index contributed by atoms with van der Waals surface area (Å²) in [7, 11) is 0. The minimum absolute atomic E-state index is 0.132. The summed E-state index contributed by atoms with van der Waals surface area (Å²) in [6.07, 6.45) is 7.63. The molecule has 1 aliphatic carbocycles. The summed E-state index contributed by atoms with van der Waals surface area (Å²) in [6, 6.07) is -0.814. The topological polar surface area (TPSA) is 66.4 Å².